The van der Waals surface area contributed by atoms with Crippen LogP contribution in [0.4, 0.5) is 0 Å². The lowest BCUT2D eigenvalue weighted by atomic mass is 10.1. The van der Waals surface area contributed by atoms with Gasteiger partial charge in [-0.25, -0.2) is 4.98 Å². The molecule has 2 heterocycles. The third-order valence-corrected chi connectivity index (χ3v) is 4.26. The van der Waals surface area contributed by atoms with Crippen molar-refractivity contribution in [2.75, 3.05) is 6.54 Å². The van der Waals surface area contributed by atoms with Crippen molar-refractivity contribution >= 4 is 11.3 Å². The van der Waals surface area contributed by atoms with E-state index in [-0.39, 0.29) is 0 Å². The molecule has 2 rings (SSSR count). The summed E-state index contributed by atoms with van der Waals surface area (Å²) in [6.45, 7) is 12.5. The number of nitrogens with one attached hydrogen (secondary N) is 1. The van der Waals surface area contributed by atoms with Crippen molar-refractivity contribution in [1.29, 1.82) is 0 Å². The Morgan fingerprint density at radius 1 is 1.15 bits per heavy atom. The van der Waals surface area contributed by atoms with Crippen LogP contribution in [0, 0.1) is 13.8 Å². The molecule has 0 aliphatic carbocycles. The maximum atomic E-state index is 4.87. The van der Waals surface area contributed by atoms with E-state index < -0.39 is 0 Å². The molecule has 0 radical (unpaired) electrons. The Balaban J connectivity index is 2.41. The van der Waals surface area contributed by atoms with Crippen molar-refractivity contribution in [2.24, 2.45) is 0 Å². The molecule has 4 heteroatoms. The van der Waals surface area contributed by atoms with Gasteiger partial charge in [-0.3, -0.25) is 4.98 Å². The minimum Gasteiger partial charge on any atom is -0.312 e. The van der Waals surface area contributed by atoms with Gasteiger partial charge >= 0.3 is 0 Å². The van der Waals surface area contributed by atoms with Gasteiger partial charge in [0.1, 0.15) is 5.01 Å². The van der Waals surface area contributed by atoms with Gasteiger partial charge in [-0.1, -0.05) is 20.8 Å². The first-order valence-electron chi connectivity index (χ1n) is 7.17. The summed E-state index contributed by atoms with van der Waals surface area (Å²) >= 11 is 1.80. The van der Waals surface area contributed by atoms with E-state index in [0.29, 0.717) is 5.92 Å². The predicted molar refractivity (Wildman–Crippen MR) is 86.3 cm³/mol. The quantitative estimate of drug-likeness (QED) is 0.902. The summed E-state index contributed by atoms with van der Waals surface area (Å²) < 4.78 is 0. The molecule has 0 aliphatic rings. The fraction of sp³-hybridized carbons (Fsp3) is 0.500. The summed E-state index contributed by atoms with van der Waals surface area (Å²) in [5.74, 6) is 0.456. The van der Waals surface area contributed by atoms with E-state index in [1.807, 2.05) is 13.8 Å². The molecule has 2 aromatic rings. The van der Waals surface area contributed by atoms with Gasteiger partial charge in [-0.15, -0.1) is 11.3 Å². The van der Waals surface area contributed by atoms with Crippen LogP contribution in [-0.4, -0.2) is 16.5 Å². The Morgan fingerprint density at radius 3 is 2.35 bits per heavy atom. The van der Waals surface area contributed by atoms with E-state index in [2.05, 4.69) is 43.2 Å². The fourth-order valence-electron chi connectivity index (χ4n) is 2.26. The lowest BCUT2D eigenvalue weighted by Crippen LogP contribution is -2.12. The van der Waals surface area contributed by atoms with Gasteiger partial charge in [0.05, 0.1) is 5.69 Å². The number of aryl methyl sites for hydroxylation is 2. The number of hydrogen-bond acceptors (Lipinski definition) is 4. The van der Waals surface area contributed by atoms with Crippen LogP contribution in [0.3, 0.4) is 0 Å². The van der Waals surface area contributed by atoms with Crippen molar-refractivity contribution in [3.8, 4) is 10.6 Å². The zero-order valence-corrected chi connectivity index (χ0v) is 13.8. The van der Waals surface area contributed by atoms with E-state index in [0.717, 1.165) is 29.5 Å². The van der Waals surface area contributed by atoms with Gasteiger partial charge in [0.2, 0.25) is 0 Å². The van der Waals surface area contributed by atoms with Gasteiger partial charge in [-0.2, -0.15) is 0 Å². The molecule has 0 aliphatic heterocycles. The largest absolute Gasteiger partial charge is 0.312 e. The summed E-state index contributed by atoms with van der Waals surface area (Å²) in [6, 6.07) is 4.24. The summed E-state index contributed by atoms with van der Waals surface area (Å²) in [4.78, 5) is 10.7. The zero-order chi connectivity index (χ0) is 14.7. The van der Waals surface area contributed by atoms with Crippen molar-refractivity contribution in [1.82, 2.24) is 15.3 Å². The van der Waals surface area contributed by atoms with Crippen molar-refractivity contribution in [3.05, 3.63) is 34.1 Å². The summed E-state index contributed by atoms with van der Waals surface area (Å²) in [5, 5.41) is 4.51. The molecule has 0 unspecified atom stereocenters. The highest BCUT2D eigenvalue weighted by molar-refractivity contribution is 7.15. The van der Waals surface area contributed by atoms with Crippen molar-refractivity contribution in [3.63, 3.8) is 0 Å². The monoisotopic (exact) mass is 289 g/mol. The third kappa shape index (κ3) is 3.44. The highest BCUT2D eigenvalue weighted by Crippen LogP contribution is 2.32. The minimum absolute atomic E-state index is 0.456. The molecule has 0 bridgehead atoms. The third-order valence-electron chi connectivity index (χ3n) is 3.14. The summed E-state index contributed by atoms with van der Waals surface area (Å²) in [7, 11) is 0. The SMILES string of the molecule is CCNCc1sc(-c2cc(C)nc(C)c2)nc1C(C)C. The van der Waals surface area contributed by atoms with Crippen LogP contribution < -0.4 is 5.32 Å². The van der Waals surface area contributed by atoms with Crippen molar-refractivity contribution in [2.45, 2.75) is 47.1 Å². The topological polar surface area (TPSA) is 37.8 Å². The maximum absolute atomic E-state index is 4.87. The molecule has 0 spiro atoms. The van der Waals surface area contributed by atoms with Crippen LogP contribution in [0.2, 0.25) is 0 Å². The number of rotatable bonds is 5. The average Bonchev–Trinajstić information content (AvgIpc) is 2.79. The van der Waals surface area contributed by atoms with Crippen LogP contribution in [0.1, 0.15) is 48.6 Å². The Labute approximate surface area is 125 Å². The van der Waals surface area contributed by atoms with Crippen LogP contribution in [-0.2, 0) is 6.54 Å². The molecule has 2 aromatic heterocycles. The molecule has 0 atom stereocenters. The fourth-order valence-corrected chi connectivity index (χ4v) is 3.43. The molecular formula is C16H23N3S. The van der Waals surface area contributed by atoms with Gasteiger partial charge in [0.25, 0.3) is 0 Å². The minimum atomic E-state index is 0.456. The first-order chi connectivity index (χ1) is 9.51. The standard InChI is InChI=1S/C16H23N3S/c1-6-17-9-14-15(10(2)3)19-16(20-14)13-7-11(4)18-12(5)8-13/h7-8,10,17H,6,9H2,1-5H3. The lowest BCUT2D eigenvalue weighted by Gasteiger charge is -2.04. The molecule has 0 aromatic carbocycles. The second-order valence-corrected chi connectivity index (χ2v) is 6.48. The zero-order valence-electron chi connectivity index (χ0n) is 12.9. The molecule has 0 saturated heterocycles. The van der Waals surface area contributed by atoms with E-state index in [9.17, 15) is 0 Å². The number of hydrogen-bond donors (Lipinski definition) is 1. The number of aromatic nitrogens is 2. The highest BCUT2D eigenvalue weighted by Gasteiger charge is 2.15. The van der Waals surface area contributed by atoms with E-state index >= 15 is 0 Å². The molecule has 0 fully saturated rings. The maximum Gasteiger partial charge on any atom is 0.124 e. The second kappa shape index (κ2) is 6.46. The number of thiazole rings is 1. The van der Waals surface area contributed by atoms with Crippen LogP contribution in [0.25, 0.3) is 10.6 Å². The molecule has 0 amide bonds. The molecule has 20 heavy (non-hydrogen) atoms. The number of nitrogens with zero attached hydrogens (tertiary/aromatic N) is 2. The predicted octanol–water partition coefficient (Wildman–Crippen LogP) is 4.05. The van der Waals surface area contributed by atoms with E-state index in [1.165, 1.54) is 16.1 Å². The van der Waals surface area contributed by atoms with Crippen LogP contribution in [0.5, 0.6) is 0 Å². The summed E-state index contributed by atoms with van der Waals surface area (Å²) in [6.07, 6.45) is 0. The van der Waals surface area contributed by atoms with Crippen molar-refractivity contribution < 1.29 is 0 Å². The van der Waals surface area contributed by atoms with Gasteiger partial charge in [0.15, 0.2) is 0 Å². The lowest BCUT2D eigenvalue weighted by molar-refractivity contribution is 0.714. The molecule has 108 valence electrons. The Hall–Kier alpha value is -1.26. The van der Waals surface area contributed by atoms with Gasteiger partial charge < -0.3 is 5.32 Å². The Morgan fingerprint density at radius 2 is 1.80 bits per heavy atom. The van der Waals surface area contributed by atoms with E-state index in [1.54, 1.807) is 11.3 Å². The van der Waals surface area contributed by atoms with Gasteiger partial charge in [-0.05, 0) is 38.4 Å². The molecule has 3 nitrogen and oxygen atoms in total. The average molecular weight is 289 g/mol. The Kier molecular flexibility index (Phi) is 4.89. The van der Waals surface area contributed by atoms with E-state index in [4.69, 9.17) is 4.98 Å². The first-order valence-corrected chi connectivity index (χ1v) is 7.99. The normalized spacial score (nSPS) is 11.3. The van der Waals surface area contributed by atoms with Crippen LogP contribution >= 0.6 is 11.3 Å². The van der Waals surface area contributed by atoms with Crippen LogP contribution in [0.15, 0.2) is 12.1 Å². The first kappa shape index (κ1) is 15.1. The molecule has 0 saturated carbocycles. The smallest absolute Gasteiger partial charge is 0.124 e. The number of pyridine rings is 1. The van der Waals surface area contributed by atoms with Gasteiger partial charge in [0, 0.05) is 28.4 Å². The summed E-state index contributed by atoms with van der Waals surface area (Å²) in [5.41, 5.74) is 4.51. The highest BCUT2D eigenvalue weighted by atomic mass is 32.1. The Bertz CT molecular complexity index is 567. The molecule has 1 N–H and O–H groups in total. The second-order valence-electron chi connectivity index (χ2n) is 5.40. The molecular weight excluding hydrogens is 266 g/mol.